The summed E-state index contributed by atoms with van der Waals surface area (Å²) in [5, 5.41) is 20.2. The van der Waals surface area contributed by atoms with Gasteiger partial charge in [-0.3, -0.25) is 4.79 Å². The van der Waals surface area contributed by atoms with Gasteiger partial charge in [-0.1, -0.05) is 0 Å². The van der Waals surface area contributed by atoms with Crippen molar-refractivity contribution in [3.05, 3.63) is 45.6 Å². The maximum atomic E-state index is 12.4. The first kappa shape index (κ1) is 11.6. The normalized spacial score (nSPS) is 11.3. The van der Waals surface area contributed by atoms with Gasteiger partial charge in [0.15, 0.2) is 0 Å². The molecule has 3 aromatic rings. The summed E-state index contributed by atoms with van der Waals surface area (Å²) in [6, 6.07) is 6.05. The van der Waals surface area contributed by atoms with E-state index in [0.29, 0.717) is 33.1 Å². The van der Waals surface area contributed by atoms with E-state index < -0.39 is 0 Å². The molecule has 2 N–H and O–H groups in total. The molecule has 0 spiro atoms. The van der Waals surface area contributed by atoms with Gasteiger partial charge in [-0.15, -0.1) is 0 Å². The van der Waals surface area contributed by atoms with Crippen molar-refractivity contribution in [2.75, 3.05) is 0 Å². The summed E-state index contributed by atoms with van der Waals surface area (Å²) in [7, 11) is 0. The number of hydrogen-bond donors (Lipinski definition) is 2. The van der Waals surface area contributed by atoms with E-state index in [1.54, 1.807) is 26.0 Å². The number of hydrogen-bond acceptors (Lipinski definition) is 4. The molecule has 0 aliphatic carbocycles. The van der Waals surface area contributed by atoms with E-state index in [9.17, 15) is 15.0 Å². The van der Waals surface area contributed by atoms with Crippen LogP contribution in [0.25, 0.3) is 21.9 Å². The van der Waals surface area contributed by atoms with E-state index in [-0.39, 0.29) is 16.9 Å². The van der Waals surface area contributed by atoms with Crippen molar-refractivity contribution in [1.82, 2.24) is 0 Å². The molecular formula is C15H12O4. The summed E-state index contributed by atoms with van der Waals surface area (Å²) in [5.74, 6) is 0.153. The molecule has 19 heavy (non-hydrogen) atoms. The predicted octanol–water partition coefficient (Wildman–Crippen LogP) is 2.97. The van der Waals surface area contributed by atoms with Gasteiger partial charge in [-0.25, -0.2) is 0 Å². The maximum absolute atomic E-state index is 12.4. The lowest BCUT2D eigenvalue weighted by atomic mass is 10.1. The molecule has 1 aromatic heterocycles. The van der Waals surface area contributed by atoms with Crippen LogP contribution in [0.4, 0.5) is 0 Å². The van der Waals surface area contributed by atoms with Crippen molar-refractivity contribution in [1.29, 1.82) is 0 Å². The zero-order valence-corrected chi connectivity index (χ0v) is 10.5. The number of aromatic hydroxyl groups is 2. The van der Waals surface area contributed by atoms with Crippen molar-refractivity contribution in [3.8, 4) is 11.5 Å². The number of benzene rings is 2. The average molecular weight is 256 g/mol. The van der Waals surface area contributed by atoms with Gasteiger partial charge in [0.1, 0.15) is 22.7 Å². The first-order valence-corrected chi connectivity index (χ1v) is 5.88. The molecule has 0 bridgehead atoms. The number of rotatable bonds is 0. The van der Waals surface area contributed by atoms with Gasteiger partial charge in [0.2, 0.25) is 5.43 Å². The summed E-state index contributed by atoms with van der Waals surface area (Å²) in [6.07, 6.45) is 0. The van der Waals surface area contributed by atoms with Crippen LogP contribution in [-0.2, 0) is 0 Å². The van der Waals surface area contributed by atoms with Crippen molar-refractivity contribution < 1.29 is 14.6 Å². The second kappa shape index (κ2) is 3.75. The molecule has 1 heterocycles. The van der Waals surface area contributed by atoms with Crippen LogP contribution in [0.1, 0.15) is 11.1 Å². The molecule has 0 fully saturated rings. The summed E-state index contributed by atoms with van der Waals surface area (Å²) < 4.78 is 5.73. The van der Waals surface area contributed by atoms with Crippen LogP contribution in [0, 0.1) is 13.8 Å². The van der Waals surface area contributed by atoms with Crippen molar-refractivity contribution >= 4 is 21.9 Å². The monoisotopic (exact) mass is 256 g/mol. The molecule has 2 aromatic carbocycles. The van der Waals surface area contributed by atoms with Gasteiger partial charge in [0, 0.05) is 11.1 Å². The Kier molecular flexibility index (Phi) is 2.29. The minimum Gasteiger partial charge on any atom is -0.508 e. The largest absolute Gasteiger partial charge is 0.508 e. The Morgan fingerprint density at radius 2 is 1.26 bits per heavy atom. The molecule has 0 aliphatic rings. The summed E-state index contributed by atoms with van der Waals surface area (Å²) in [5.41, 5.74) is 1.57. The van der Waals surface area contributed by atoms with E-state index >= 15 is 0 Å². The third-order valence-corrected chi connectivity index (χ3v) is 3.45. The van der Waals surface area contributed by atoms with Crippen LogP contribution in [0.2, 0.25) is 0 Å². The van der Waals surface area contributed by atoms with Gasteiger partial charge in [0.05, 0.1) is 10.8 Å². The predicted molar refractivity (Wildman–Crippen MR) is 72.8 cm³/mol. The topological polar surface area (TPSA) is 70.7 Å². The van der Waals surface area contributed by atoms with Crippen LogP contribution < -0.4 is 5.43 Å². The number of phenols is 2. The van der Waals surface area contributed by atoms with Crippen molar-refractivity contribution in [2.24, 2.45) is 0 Å². The minimum atomic E-state index is -0.164. The number of phenolic OH excluding ortho intramolecular Hbond substituents is 2. The lowest BCUT2D eigenvalue weighted by molar-refractivity contribution is 0.468. The molecular weight excluding hydrogens is 244 g/mol. The average Bonchev–Trinajstić information content (AvgIpc) is 2.39. The number of fused-ring (bicyclic) bond motifs is 2. The van der Waals surface area contributed by atoms with Crippen LogP contribution in [0.3, 0.4) is 0 Å². The molecule has 0 atom stereocenters. The SMILES string of the molecule is Cc1c(O)ccc2c(=O)c3ccc(O)c(C)c3oc12. The maximum Gasteiger partial charge on any atom is 0.200 e. The van der Waals surface area contributed by atoms with Gasteiger partial charge in [0.25, 0.3) is 0 Å². The molecule has 4 nitrogen and oxygen atoms in total. The summed E-state index contributed by atoms with van der Waals surface area (Å²) >= 11 is 0. The Labute approximate surface area is 108 Å². The van der Waals surface area contributed by atoms with Crippen LogP contribution in [0.5, 0.6) is 11.5 Å². The lowest BCUT2D eigenvalue weighted by Crippen LogP contribution is -2.03. The highest BCUT2D eigenvalue weighted by atomic mass is 16.3. The Morgan fingerprint density at radius 3 is 1.68 bits per heavy atom. The van der Waals surface area contributed by atoms with Crippen LogP contribution in [-0.4, -0.2) is 10.2 Å². The second-order valence-electron chi connectivity index (χ2n) is 4.60. The number of aryl methyl sites for hydroxylation is 2. The standard InChI is InChI=1S/C15H12O4/c1-7-11(16)5-3-9-13(18)10-4-6-12(17)8(2)15(10)19-14(7)9/h3-6,16-17H,1-2H3. The zero-order valence-electron chi connectivity index (χ0n) is 10.5. The molecule has 0 unspecified atom stereocenters. The van der Waals surface area contributed by atoms with E-state index in [1.165, 1.54) is 12.1 Å². The van der Waals surface area contributed by atoms with Gasteiger partial charge in [-0.05, 0) is 38.1 Å². The Bertz CT molecular complexity index is 806. The van der Waals surface area contributed by atoms with Gasteiger partial charge in [-0.2, -0.15) is 0 Å². The quantitative estimate of drug-likeness (QED) is 0.606. The Balaban J connectivity index is 2.65. The second-order valence-corrected chi connectivity index (χ2v) is 4.60. The molecule has 4 heteroatoms. The molecule has 0 radical (unpaired) electrons. The fourth-order valence-electron chi connectivity index (χ4n) is 2.23. The molecule has 0 amide bonds. The highest BCUT2D eigenvalue weighted by molar-refractivity contribution is 5.93. The fourth-order valence-corrected chi connectivity index (χ4v) is 2.23. The first-order chi connectivity index (χ1) is 9.00. The fraction of sp³-hybridized carbons (Fsp3) is 0.133. The van der Waals surface area contributed by atoms with Crippen LogP contribution >= 0.6 is 0 Å². The van der Waals surface area contributed by atoms with Gasteiger partial charge >= 0.3 is 0 Å². The molecule has 0 saturated heterocycles. The Hall–Kier alpha value is -2.49. The summed E-state index contributed by atoms with van der Waals surface area (Å²) in [6.45, 7) is 3.37. The highest BCUT2D eigenvalue weighted by Crippen LogP contribution is 2.30. The molecule has 0 saturated carbocycles. The van der Waals surface area contributed by atoms with E-state index in [2.05, 4.69) is 0 Å². The molecule has 3 rings (SSSR count). The lowest BCUT2D eigenvalue weighted by Gasteiger charge is -2.08. The van der Waals surface area contributed by atoms with E-state index in [4.69, 9.17) is 4.42 Å². The third kappa shape index (κ3) is 1.50. The Morgan fingerprint density at radius 1 is 0.842 bits per heavy atom. The van der Waals surface area contributed by atoms with E-state index in [0.717, 1.165) is 0 Å². The van der Waals surface area contributed by atoms with Gasteiger partial charge < -0.3 is 14.6 Å². The van der Waals surface area contributed by atoms with Crippen molar-refractivity contribution in [2.45, 2.75) is 13.8 Å². The molecule has 0 aliphatic heterocycles. The minimum absolute atomic E-state index is 0.0767. The van der Waals surface area contributed by atoms with Crippen LogP contribution in [0.15, 0.2) is 33.5 Å². The summed E-state index contributed by atoms with van der Waals surface area (Å²) in [4.78, 5) is 12.4. The van der Waals surface area contributed by atoms with Crippen molar-refractivity contribution in [3.63, 3.8) is 0 Å². The first-order valence-electron chi connectivity index (χ1n) is 5.88. The highest BCUT2D eigenvalue weighted by Gasteiger charge is 2.14. The van der Waals surface area contributed by atoms with E-state index in [1.807, 2.05) is 0 Å². The third-order valence-electron chi connectivity index (χ3n) is 3.45. The zero-order chi connectivity index (χ0) is 13.7. The molecule has 96 valence electrons. The smallest absolute Gasteiger partial charge is 0.200 e.